The second kappa shape index (κ2) is 7.43. The fourth-order valence-electron chi connectivity index (χ4n) is 0.837. The highest BCUT2D eigenvalue weighted by Crippen LogP contribution is 2.11. The number of carbonyl (C=O) groups is 1. The molecule has 0 aliphatic carbocycles. The maximum Gasteiger partial charge on any atom is 0.227 e. The first-order valence-electron chi connectivity index (χ1n) is 5.21. The summed E-state index contributed by atoms with van der Waals surface area (Å²) in [6.45, 7) is 9.28. The zero-order chi connectivity index (χ0) is 11.7. The van der Waals surface area contributed by atoms with Crippen LogP contribution in [0.2, 0.25) is 0 Å². The van der Waals surface area contributed by atoms with E-state index in [1.807, 2.05) is 13.8 Å². The van der Waals surface area contributed by atoms with E-state index in [0.717, 1.165) is 6.42 Å². The lowest BCUT2D eigenvalue weighted by Gasteiger charge is -2.21. The van der Waals surface area contributed by atoms with Gasteiger partial charge in [0.05, 0.1) is 18.6 Å². The molecule has 0 rings (SSSR count). The lowest BCUT2D eigenvalue weighted by atomic mass is 9.93. The van der Waals surface area contributed by atoms with Gasteiger partial charge in [0.2, 0.25) is 5.91 Å². The Labute approximate surface area is 91.9 Å². The quantitative estimate of drug-likeness (QED) is 0.461. The van der Waals surface area contributed by atoms with E-state index in [2.05, 4.69) is 11.9 Å². The second-order valence-electron chi connectivity index (χ2n) is 4.03. The number of ether oxygens (including phenoxy) is 1. The molecule has 0 spiro atoms. The van der Waals surface area contributed by atoms with Crippen LogP contribution in [0.15, 0.2) is 12.7 Å². The fourth-order valence-corrected chi connectivity index (χ4v) is 0.837. The predicted octanol–water partition coefficient (Wildman–Crippen LogP) is 0.680. The smallest absolute Gasteiger partial charge is 0.227 e. The molecular formula is C11H22N2O2. The molecule has 0 aromatic carbocycles. The molecule has 0 bridgehead atoms. The summed E-state index contributed by atoms with van der Waals surface area (Å²) < 4.78 is 5.25. The van der Waals surface area contributed by atoms with Crippen molar-refractivity contribution in [1.29, 1.82) is 0 Å². The van der Waals surface area contributed by atoms with Crippen molar-refractivity contribution in [2.75, 3.05) is 26.3 Å². The third-order valence-corrected chi connectivity index (χ3v) is 2.12. The first kappa shape index (κ1) is 14.1. The van der Waals surface area contributed by atoms with Crippen molar-refractivity contribution >= 4 is 5.91 Å². The van der Waals surface area contributed by atoms with Gasteiger partial charge in [-0.25, -0.2) is 0 Å². The van der Waals surface area contributed by atoms with Crippen molar-refractivity contribution < 1.29 is 9.53 Å². The van der Waals surface area contributed by atoms with Crippen LogP contribution in [-0.2, 0) is 9.53 Å². The molecule has 0 aliphatic rings. The van der Waals surface area contributed by atoms with Crippen LogP contribution in [0.4, 0.5) is 0 Å². The second-order valence-corrected chi connectivity index (χ2v) is 4.03. The maximum atomic E-state index is 11.5. The highest BCUT2D eigenvalue weighted by atomic mass is 16.5. The molecule has 1 amide bonds. The molecule has 0 saturated heterocycles. The largest absolute Gasteiger partial charge is 0.379 e. The molecule has 15 heavy (non-hydrogen) atoms. The Morgan fingerprint density at radius 2 is 2.20 bits per heavy atom. The molecule has 0 aromatic heterocycles. The van der Waals surface area contributed by atoms with Gasteiger partial charge >= 0.3 is 0 Å². The van der Waals surface area contributed by atoms with Crippen molar-refractivity contribution in [3.05, 3.63) is 12.7 Å². The summed E-state index contributed by atoms with van der Waals surface area (Å²) >= 11 is 0. The third kappa shape index (κ3) is 6.25. The van der Waals surface area contributed by atoms with Crippen molar-refractivity contribution in [3.8, 4) is 0 Å². The Balaban J connectivity index is 3.51. The van der Waals surface area contributed by atoms with Gasteiger partial charge in [-0.3, -0.25) is 4.79 Å². The normalized spacial score (nSPS) is 11.1. The standard InChI is InChI=1S/C11H22N2O2/c1-4-5-7-15-8-6-13-10(14)11(2,3)9-12/h4H,1,5-9,12H2,2-3H3,(H,13,14). The van der Waals surface area contributed by atoms with Crippen LogP contribution in [0, 0.1) is 5.41 Å². The van der Waals surface area contributed by atoms with Crippen molar-refractivity contribution in [3.63, 3.8) is 0 Å². The zero-order valence-corrected chi connectivity index (χ0v) is 9.71. The van der Waals surface area contributed by atoms with Crippen LogP contribution in [0.1, 0.15) is 20.3 Å². The van der Waals surface area contributed by atoms with Crippen molar-refractivity contribution in [2.45, 2.75) is 20.3 Å². The van der Waals surface area contributed by atoms with Gasteiger partial charge in [0.1, 0.15) is 0 Å². The van der Waals surface area contributed by atoms with E-state index >= 15 is 0 Å². The predicted molar refractivity (Wildman–Crippen MR) is 61.5 cm³/mol. The molecule has 3 N–H and O–H groups in total. The van der Waals surface area contributed by atoms with E-state index < -0.39 is 5.41 Å². The number of nitrogens with one attached hydrogen (secondary N) is 1. The summed E-state index contributed by atoms with van der Waals surface area (Å²) in [4.78, 5) is 11.5. The summed E-state index contributed by atoms with van der Waals surface area (Å²) in [5, 5.41) is 2.78. The number of carbonyl (C=O) groups excluding carboxylic acids is 1. The van der Waals surface area contributed by atoms with Crippen LogP contribution in [0.3, 0.4) is 0 Å². The highest BCUT2D eigenvalue weighted by Gasteiger charge is 2.24. The van der Waals surface area contributed by atoms with E-state index in [-0.39, 0.29) is 5.91 Å². The van der Waals surface area contributed by atoms with Gasteiger partial charge in [0, 0.05) is 13.1 Å². The van der Waals surface area contributed by atoms with Crippen molar-refractivity contribution in [2.24, 2.45) is 11.1 Å². The molecule has 0 unspecified atom stereocenters. The van der Waals surface area contributed by atoms with E-state index in [1.165, 1.54) is 0 Å². The molecular weight excluding hydrogens is 192 g/mol. The van der Waals surface area contributed by atoms with Gasteiger partial charge in [-0.2, -0.15) is 0 Å². The Kier molecular flexibility index (Phi) is 6.99. The molecule has 0 aliphatic heterocycles. The average Bonchev–Trinajstić information content (AvgIpc) is 2.22. The van der Waals surface area contributed by atoms with E-state index in [1.54, 1.807) is 6.08 Å². The number of hydrogen-bond acceptors (Lipinski definition) is 3. The molecule has 0 saturated carbocycles. The molecule has 4 nitrogen and oxygen atoms in total. The summed E-state index contributed by atoms with van der Waals surface area (Å²) in [7, 11) is 0. The van der Waals surface area contributed by atoms with Gasteiger partial charge in [0.25, 0.3) is 0 Å². The van der Waals surface area contributed by atoms with Gasteiger partial charge in [-0.05, 0) is 20.3 Å². The fraction of sp³-hybridized carbons (Fsp3) is 0.727. The minimum Gasteiger partial charge on any atom is -0.379 e. The number of hydrogen-bond donors (Lipinski definition) is 2. The third-order valence-electron chi connectivity index (χ3n) is 2.12. The topological polar surface area (TPSA) is 64.3 Å². The molecule has 0 radical (unpaired) electrons. The Hall–Kier alpha value is -0.870. The molecule has 0 atom stereocenters. The maximum absolute atomic E-state index is 11.5. The molecule has 0 fully saturated rings. The van der Waals surface area contributed by atoms with Crippen LogP contribution >= 0.6 is 0 Å². The number of rotatable bonds is 8. The average molecular weight is 214 g/mol. The Morgan fingerprint density at radius 3 is 2.73 bits per heavy atom. The first-order valence-corrected chi connectivity index (χ1v) is 5.21. The zero-order valence-electron chi connectivity index (χ0n) is 9.71. The minimum absolute atomic E-state index is 0.0303. The van der Waals surface area contributed by atoms with Crippen LogP contribution in [-0.4, -0.2) is 32.2 Å². The minimum atomic E-state index is -0.499. The van der Waals surface area contributed by atoms with Crippen molar-refractivity contribution in [1.82, 2.24) is 5.32 Å². The molecule has 88 valence electrons. The molecule has 0 heterocycles. The summed E-state index contributed by atoms with van der Waals surface area (Å²) in [5.41, 5.74) is 4.98. The monoisotopic (exact) mass is 214 g/mol. The van der Waals surface area contributed by atoms with Gasteiger partial charge < -0.3 is 15.8 Å². The van der Waals surface area contributed by atoms with Crippen LogP contribution < -0.4 is 11.1 Å². The molecule has 4 heteroatoms. The van der Waals surface area contributed by atoms with E-state index in [0.29, 0.717) is 26.3 Å². The lowest BCUT2D eigenvalue weighted by Crippen LogP contribution is -2.42. The molecule has 0 aromatic rings. The summed E-state index contributed by atoms with van der Waals surface area (Å²) in [6.07, 6.45) is 2.64. The van der Waals surface area contributed by atoms with Gasteiger partial charge in [-0.1, -0.05) is 6.08 Å². The van der Waals surface area contributed by atoms with Gasteiger partial charge in [-0.15, -0.1) is 6.58 Å². The summed E-state index contributed by atoms with van der Waals surface area (Å²) in [5.74, 6) is -0.0303. The number of nitrogens with two attached hydrogens (primary N) is 1. The lowest BCUT2D eigenvalue weighted by molar-refractivity contribution is -0.129. The Bertz CT molecular complexity index is 203. The SMILES string of the molecule is C=CCCOCCNC(=O)C(C)(C)CN. The highest BCUT2D eigenvalue weighted by molar-refractivity contribution is 5.81. The van der Waals surface area contributed by atoms with E-state index in [9.17, 15) is 4.79 Å². The number of amides is 1. The van der Waals surface area contributed by atoms with Crippen LogP contribution in [0.25, 0.3) is 0 Å². The van der Waals surface area contributed by atoms with E-state index in [4.69, 9.17) is 10.5 Å². The summed E-state index contributed by atoms with van der Waals surface area (Å²) in [6, 6.07) is 0. The first-order chi connectivity index (χ1) is 7.04. The Morgan fingerprint density at radius 1 is 1.53 bits per heavy atom. The van der Waals surface area contributed by atoms with Crippen LogP contribution in [0.5, 0.6) is 0 Å². The van der Waals surface area contributed by atoms with Gasteiger partial charge in [0.15, 0.2) is 0 Å².